The van der Waals surface area contributed by atoms with Gasteiger partial charge in [0.25, 0.3) is 5.91 Å². The molecule has 0 bridgehead atoms. The van der Waals surface area contributed by atoms with Crippen molar-refractivity contribution in [3.05, 3.63) is 64.1 Å². The number of amides is 1. The highest BCUT2D eigenvalue weighted by Crippen LogP contribution is 2.29. The minimum absolute atomic E-state index is 0.263. The van der Waals surface area contributed by atoms with Gasteiger partial charge >= 0.3 is 0 Å². The lowest BCUT2D eigenvalue weighted by molar-refractivity contribution is 0.0744. The van der Waals surface area contributed by atoms with Crippen molar-refractivity contribution in [2.75, 3.05) is 44.9 Å². The molecular weight excluding hydrogens is 425 g/mol. The van der Waals surface area contributed by atoms with Gasteiger partial charge in [0.2, 0.25) is 5.43 Å². The van der Waals surface area contributed by atoms with Crippen molar-refractivity contribution in [2.45, 2.75) is 6.54 Å². The maximum absolute atomic E-state index is 14.8. The number of pyridine rings is 2. The lowest BCUT2D eigenvalue weighted by atomic mass is 10.1. The number of nitrogens with zero attached hydrogens (tertiary/aromatic N) is 4. The molecule has 3 heterocycles. The van der Waals surface area contributed by atoms with Crippen LogP contribution in [0.2, 0.25) is 0 Å². The molecule has 1 aromatic carbocycles. The smallest absolute Gasteiger partial charge is 0.259 e. The molecular formula is C22H21F3N4O3. The molecule has 1 aliphatic heterocycles. The quantitative estimate of drug-likeness (QED) is 0.603. The summed E-state index contributed by atoms with van der Waals surface area (Å²) in [6, 6.07) is 6.38. The fourth-order valence-corrected chi connectivity index (χ4v) is 3.93. The van der Waals surface area contributed by atoms with E-state index in [9.17, 15) is 22.8 Å². The fraction of sp³-hybridized carbons (Fsp3) is 0.318. The van der Waals surface area contributed by atoms with E-state index in [4.69, 9.17) is 4.74 Å². The number of carbonyl (C=O) groups excluding carboxylic acids is 1. The van der Waals surface area contributed by atoms with Gasteiger partial charge in [0.05, 0.1) is 24.6 Å². The summed E-state index contributed by atoms with van der Waals surface area (Å²) in [7, 11) is 1.09. The van der Waals surface area contributed by atoms with E-state index in [2.05, 4.69) is 4.98 Å². The number of piperazine rings is 1. The molecule has 168 valence electrons. The Morgan fingerprint density at radius 3 is 2.56 bits per heavy atom. The van der Waals surface area contributed by atoms with Crippen LogP contribution < -0.4 is 15.1 Å². The predicted octanol–water partition coefficient (Wildman–Crippen LogP) is 2.62. The number of rotatable bonds is 5. The van der Waals surface area contributed by atoms with Crippen molar-refractivity contribution in [1.29, 1.82) is 0 Å². The third-order valence-corrected chi connectivity index (χ3v) is 5.51. The van der Waals surface area contributed by atoms with E-state index in [1.165, 1.54) is 4.90 Å². The second-order valence-corrected chi connectivity index (χ2v) is 7.32. The molecule has 0 unspecified atom stereocenters. The molecule has 0 aliphatic carbocycles. The standard InChI is InChI=1S/C22H21F3N4O3/c1-32-21-16(24)12-14-19(18(21)25)29(7-5-23)13-15(20(14)30)22(31)28-10-8-27(9-11-28)17-4-2-3-6-26-17/h2-4,6,12-13H,5,7-11H2,1H3. The van der Waals surface area contributed by atoms with Crippen LogP contribution in [0.1, 0.15) is 10.4 Å². The first kappa shape index (κ1) is 21.7. The number of methoxy groups -OCH3 is 1. The number of ether oxygens (including phenoxy) is 1. The van der Waals surface area contributed by atoms with E-state index in [0.717, 1.165) is 29.8 Å². The number of hydrogen-bond donors (Lipinski definition) is 0. The Kier molecular flexibility index (Phi) is 6.02. The zero-order valence-corrected chi connectivity index (χ0v) is 17.4. The highest BCUT2D eigenvalue weighted by Gasteiger charge is 2.27. The minimum Gasteiger partial charge on any atom is -0.491 e. The van der Waals surface area contributed by atoms with Gasteiger partial charge < -0.3 is 19.1 Å². The molecule has 0 atom stereocenters. The number of fused-ring (bicyclic) bond motifs is 1. The molecule has 32 heavy (non-hydrogen) atoms. The molecule has 0 N–H and O–H groups in total. The summed E-state index contributed by atoms with van der Waals surface area (Å²) in [6.07, 6.45) is 2.82. The van der Waals surface area contributed by atoms with Crippen molar-refractivity contribution in [3.63, 3.8) is 0 Å². The average Bonchev–Trinajstić information content (AvgIpc) is 2.81. The van der Waals surface area contributed by atoms with Crippen LogP contribution in [0.5, 0.6) is 5.75 Å². The zero-order valence-electron chi connectivity index (χ0n) is 17.4. The van der Waals surface area contributed by atoms with Crippen molar-refractivity contribution in [3.8, 4) is 5.75 Å². The van der Waals surface area contributed by atoms with E-state index in [-0.39, 0.29) is 23.0 Å². The number of halogens is 3. The molecule has 0 saturated carbocycles. The van der Waals surface area contributed by atoms with Crippen molar-refractivity contribution < 1.29 is 22.7 Å². The number of aromatic nitrogens is 2. The Morgan fingerprint density at radius 1 is 1.19 bits per heavy atom. The summed E-state index contributed by atoms with van der Waals surface area (Å²) < 4.78 is 48.1. The van der Waals surface area contributed by atoms with Crippen LogP contribution in [0.3, 0.4) is 0 Å². The highest BCUT2D eigenvalue weighted by atomic mass is 19.1. The summed E-state index contributed by atoms with van der Waals surface area (Å²) in [4.78, 5) is 33.9. The molecule has 4 rings (SSSR count). The van der Waals surface area contributed by atoms with E-state index < -0.39 is 35.4 Å². The number of hydrogen-bond acceptors (Lipinski definition) is 5. The van der Waals surface area contributed by atoms with E-state index >= 15 is 0 Å². The highest BCUT2D eigenvalue weighted by molar-refractivity contribution is 5.97. The Hall–Kier alpha value is -3.56. The van der Waals surface area contributed by atoms with Crippen molar-refractivity contribution in [2.24, 2.45) is 0 Å². The Bertz CT molecular complexity index is 1210. The van der Waals surface area contributed by atoms with Crippen LogP contribution >= 0.6 is 0 Å². The largest absolute Gasteiger partial charge is 0.491 e. The maximum atomic E-state index is 14.8. The summed E-state index contributed by atoms with van der Waals surface area (Å²) >= 11 is 0. The number of anilines is 1. The zero-order chi connectivity index (χ0) is 22.8. The van der Waals surface area contributed by atoms with Crippen LogP contribution in [0.15, 0.2) is 41.5 Å². The van der Waals surface area contributed by atoms with Crippen molar-refractivity contribution in [1.82, 2.24) is 14.5 Å². The Labute approximate surface area is 181 Å². The minimum atomic E-state index is -1.11. The molecule has 10 heteroatoms. The number of aryl methyl sites for hydroxylation is 1. The number of benzene rings is 1. The van der Waals surface area contributed by atoms with Crippen LogP contribution in [-0.4, -0.2) is 60.3 Å². The Morgan fingerprint density at radius 2 is 1.94 bits per heavy atom. The molecule has 2 aromatic heterocycles. The van der Waals surface area contributed by atoms with Crippen LogP contribution in [-0.2, 0) is 6.54 Å². The molecule has 3 aromatic rings. The maximum Gasteiger partial charge on any atom is 0.259 e. The molecule has 1 fully saturated rings. The summed E-state index contributed by atoms with van der Waals surface area (Å²) in [6.45, 7) is 0.511. The van der Waals surface area contributed by atoms with Crippen molar-refractivity contribution >= 4 is 22.6 Å². The van der Waals surface area contributed by atoms with E-state index in [1.807, 2.05) is 23.1 Å². The van der Waals surface area contributed by atoms with Gasteiger partial charge in [0.1, 0.15) is 18.1 Å². The van der Waals surface area contributed by atoms with Crippen LogP contribution in [0.25, 0.3) is 10.9 Å². The predicted molar refractivity (Wildman–Crippen MR) is 113 cm³/mol. The fourth-order valence-electron chi connectivity index (χ4n) is 3.93. The lowest BCUT2D eigenvalue weighted by Crippen LogP contribution is -2.49. The first-order valence-electron chi connectivity index (χ1n) is 10.1. The van der Waals surface area contributed by atoms with Gasteiger partial charge in [-0.15, -0.1) is 0 Å². The average molecular weight is 446 g/mol. The van der Waals surface area contributed by atoms with E-state index in [0.29, 0.717) is 26.2 Å². The van der Waals surface area contributed by atoms with Gasteiger partial charge in [-0.1, -0.05) is 6.07 Å². The SMILES string of the molecule is COc1c(F)cc2c(=O)c(C(=O)N3CCN(c4ccccn4)CC3)cn(CCF)c2c1F. The normalized spacial score (nSPS) is 14.1. The third kappa shape index (κ3) is 3.76. The third-order valence-electron chi connectivity index (χ3n) is 5.51. The summed E-state index contributed by atoms with van der Waals surface area (Å²) in [5.74, 6) is -2.64. The number of alkyl halides is 1. The van der Waals surface area contributed by atoms with Gasteiger partial charge in [0, 0.05) is 38.6 Å². The topological polar surface area (TPSA) is 67.7 Å². The van der Waals surface area contributed by atoms with Gasteiger partial charge in [-0.05, 0) is 18.2 Å². The molecule has 0 spiro atoms. The first-order valence-corrected chi connectivity index (χ1v) is 10.1. The molecule has 1 amide bonds. The first-order chi connectivity index (χ1) is 15.5. The van der Waals surface area contributed by atoms with Gasteiger partial charge in [-0.25, -0.2) is 18.2 Å². The van der Waals surface area contributed by atoms with Gasteiger partial charge in [-0.2, -0.15) is 0 Å². The van der Waals surface area contributed by atoms with Crippen LogP contribution in [0, 0.1) is 11.6 Å². The monoisotopic (exact) mass is 446 g/mol. The Balaban J connectivity index is 1.69. The second kappa shape index (κ2) is 8.89. The van der Waals surface area contributed by atoms with Crippen LogP contribution in [0.4, 0.5) is 19.0 Å². The molecule has 7 nitrogen and oxygen atoms in total. The summed E-state index contributed by atoms with van der Waals surface area (Å²) in [5.41, 5.74) is -1.38. The van der Waals surface area contributed by atoms with Gasteiger partial charge in [0.15, 0.2) is 17.4 Å². The second-order valence-electron chi connectivity index (χ2n) is 7.32. The molecule has 0 radical (unpaired) electrons. The number of carbonyl (C=O) groups is 1. The molecule has 1 aliphatic rings. The lowest BCUT2D eigenvalue weighted by Gasteiger charge is -2.35. The van der Waals surface area contributed by atoms with E-state index in [1.54, 1.807) is 6.20 Å². The van der Waals surface area contributed by atoms with Gasteiger partial charge in [-0.3, -0.25) is 9.59 Å². The summed E-state index contributed by atoms with van der Waals surface area (Å²) in [5, 5.41) is -0.341. The molecule has 1 saturated heterocycles.